The molecule has 188 valence electrons. The summed E-state index contributed by atoms with van der Waals surface area (Å²) >= 11 is 12.1. The van der Waals surface area contributed by atoms with Crippen LogP contribution in [0, 0.1) is 0 Å². The van der Waals surface area contributed by atoms with Crippen molar-refractivity contribution in [3.05, 3.63) is 107 Å². The average Bonchev–Trinajstić information content (AvgIpc) is 2.87. The summed E-state index contributed by atoms with van der Waals surface area (Å²) in [4.78, 5) is 24.8. The van der Waals surface area contributed by atoms with Crippen LogP contribution in [-0.4, -0.2) is 33.4 Å². The Bertz CT molecular complexity index is 1350. The summed E-state index contributed by atoms with van der Waals surface area (Å²) in [6.45, 7) is 4.85. The minimum absolute atomic E-state index is 0.0150. The summed E-state index contributed by atoms with van der Waals surface area (Å²) in [5, 5.41) is 3.17. The van der Waals surface area contributed by atoms with E-state index in [4.69, 9.17) is 27.9 Å². The number of anilines is 1. The number of benzene rings is 3. The minimum Gasteiger partial charge on any atom is -0.452 e. The highest BCUT2D eigenvalue weighted by Crippen LogP contribution is 2.28. The van der Waals surface area contributed by atoms with Gasteiger partial charge in [-0.3, -0.25) is 9.10 Å². The normalized spacial score (nSPS) is 11.9. The first-order valence-electron chi connectivity index (χ1n) is 10.8. The summed E-state index contributed by atoms with van der Waals surface area (Å²) in [5.41, 5.74) is 1.07. The number of esters is 1. The first kappa shape index (κ1) is 27.3. The van der Waals surface area contributed by atoms with Gasteiger partial charge in [0.2, 0.25) is 0 Å². The molecule has 1 amide bonds. The van der Waals surface area contributed by atoms with Gasteiger partial charge in [0.05, 0.1) is 33.8 Å². The maximum Gasteiger partial charge on any atom is 0.340 e. The molecular weight excluding hydrogens is 523 g/mol. The lowest BCUT2D eigenvalue weighted by atomic mass is 10.1. The molecule has 0 fully saturated rings. The third-order valence-electron chi connectivity index (χ3n) is 5.17. The Morgan fingerprint density at radius 2 is 1.72 bits per heavy atom. The van der Waals surface area contributed by atoms with Crippen molar-refractivity contribution in [1.82, 2.24) is 5.32 Å². The highest BCUT2D eigenvalue weighted by Gasteiger charge is 2.26. The summed E-state index contributed by atoms with van der Waals surface area (Å²) < 4.78 is 33.0. The third-order valence-corrected chi connectivity index (χ3v) is 7.54. The number of halogens is 2. The number of hydrogen-bond acceptors (Lipinski definition) is 5. The lowest BCUT2D eigenvalue weighted by Crippen LogP contribution is -2.32. The first-order valence-corrected chi connectivity index (χ1v) is 13.0. The lowest BCUT2D eigenvalue weighted by Gasteiger charge is -2.23. The zero-order valence-corrected chi connectivity index (χ0v) is 21.7. The van der Waals surface area contributed by atoms with Gasteiger partial charge in [0, 0.05) is 5.02 Å². The number of nitrogens with one attached hydrogen (secondary N) is 1. The standard InChI is InChI=1S/C26H24Cl2N2O5S/c1-3-15-30(21-11-9-20(27)10-12-21)36(33,34)22-13-14-24(28)23(16-22)26(32)35-17-25(31)29-18(2)19-7-5-4-6-8-19/h3-14,16,18H,1,15,17H2,2H3,(H,29,31)/t18-/m1/s1. The van der Waals surface area contributed by atoms with Gasteiger partial charge >= 0.3 is 5.97 Å². The second-order valence-electron chi connectivity index (χ2n) is 7.72. The number of carbonyl (C=O) groups is 2. The van der Waals surface area contributed by atoms with Crippen LogP contribution in [0.1, 0.15) is 28.9 Å². The summed E-state index contributed by atoms with van der Waals surface area (Å²) in [6, 6.07) is 18.9. The molecule has 0 saturated carbocycles. The summed E-state index contributed by atoms with van der Waals surface area (Å²) in [5.74, 6) is -1.44. The molecule has 1 atom stereocenters. The number of ether oxygens (including phenoxy) is 1. The second-order valence-corrected chi connectivity index (χ2v) is 10.4. The van der Waals surface area contributed by atoms with Crippen molar-refractivity contribution in [2.45, 2.75) is 17.9 Å². The average molecular weight is 547 g/mol. The van der Waals surface area contributed by atoms with Crippen molar-refractivity contribution in [3.8, 4) is 0 Å². The van der Waals surface area contributed by atoms with Crippen LogP contribution >= 0.6 is 23.2 Å². The third kappa shape index (κ3) is 6.66. The highest BCUT2D eigenvalue weighted by molar-refractivity contribution is 7.92. The fraction of sp³-hybridized carbons (Fsp3) is 0.154. The van der Waals surface area contributed by atoms with E-state index in [0.717, 1.165) is 15.9 Å². The van der Waals surface area contributed by atoms with E-state index in [-0.39, 0.29) is 28.1 Å². The molecule has 0 unspecified atom stereocenters. The molecule has 10 heteroatoms. The Balaban J connectivity index is 1.76. The van der Waals surface area contributed by atoms with E-state index in [1.807, 2.05) is 30.3 Å². The Hall–Kier alpha value is -3.33. The van der Waals surface area contributed by atoms with Crippen molar-refractivity contribution in [1.29, 1.82) is 0 Å². The van der Waals surface area contributed by atoms with E-state index in [2.05, 4.69) is 11.9 Å². The molecule has 36 heavy (non-hydrogen) atoms. The van der Waals surface area contributed by atoms with Crippen LogP contribution in [-0.2, 0) is 19.6 Å². The quantitative estimate of drug-likeness (QED) is 0.271. The Kier molecular flexibility index (Phi) is 9.14. The molecule has 0 saturated heterocycles. The van der Waals surface area contributed by atoms with Crippen LogP contribution < -0.4 is 9.62 Å². The van der Waals surface area contributed by atoms with Crippen LogP contribution in [0.25, 0.3) is 0 Å². The largest absolute Gasteiger partial charge is 0.452 e. The van der Waals surface area contributed by atoms with Crippen molar-refractivity contribution in [2.75, 3.05) is 17.5 Å². The fourth-order valence-corrected chi connectivity index (χ4v) is 5.12. The van der Waals surface area contributed by atoms with Crippen LogP contribution in [0.4, 0.5) is 5.69 Å². The predicted octanol–water partition coefficient (Wildman–Crippen LogP) is 5.41. The van der Waals surface area contributed by atoms with Gasteiger partial charge in [0.15, 0.2) is 6.61 Å². The van der Waals surface area contributed by atoms with Gasteiger partial charge in [-0.05, 0) is 55.0 Å². The van der Waals surface area contributed by atoms with E-state index in [0.29, 0.717) is 10.7 Å². The highest BCUT2D eigenvalue weighted by atomic mass is 35.5. The molecule has 3 aromatic carbocycles. The summed E-state index contributed by atoms with van der Waals surface area (Å²) in [7, 11) is -4.11. The molecular formula is C26H24Cl2N2O5S. The van der Waals surface area contributed by atoms with E-state index in [1.165, 1.54) is 18.2 Å². The molecule has 1 N–H and O–H groups in total. The molecule has 0 spiro atoms. The van der Waals surface area contributed by atoms with Crippen LogP contribution in [0.2, 0.25) is 10.0 Å². The van der Waals surface area contributed by atoms with Gasteiger partial charge in [0.1, 0.15) is 0 Å². The van der Waals surface area contributed by atoms with Crippen molar-refractivity contribution < 1.29 is 22.7 Å². The zero-order chi connectivity index (χ0) is 26.3. The molecule has 7 nitrogen and oxygen atoms in total. The molecule has 3 aromatic rings. The van der Waals surface area contributed by atoms with Crippen LogP contribution in [0.5, 0.6) is 0 Å². The van der Waals surface area contributed by atoms with Gasteiger partial charge in [-0.1, -0.05) is 59.6 Å². The SMILES string of the molecule is C=CCN(c1ccc(Cl)cc1)S(=O)(=O)c1ccc(Cl)c(C(=O)OCC(=O)N[C@H](C)c2ccccc2)c1. The number of nitrogens with zero attached hydrogens (tertiary/aromatic N) is 1. The number of sulfonamides is 1. The number of carbonyl (C=O) groups excluding carboxylic acids is 2. The number of amides is 1. The number of hydrogen-bond donors (Lipinski definition) is 1. The molecule has 3 rings (SSSR count). The van der Waals surface area contributed by atoms with Crippen molar-refractivity contribution in [3.63, 3.8) is 0 Å². The first-order chi connectivity index (χ1) is 17.1. The van der Waals surface area contributed by atoms with E-state index in [1.54, 1.807) is 31.2 Å². The van der Waals surface area contributed by atoms with Gasteiger partial charge in [-0.15, -0.1) is 6.58 Å². The lowest BCUT2D eigenvalue weighted by molar-refractivity contribution is -0.124. The van der Waals surface area contributed by atoms with E-state index in [9.17, 15) is 18.0 Å². The Morgan fingerprint density at radius 1 is 1.06 bits per heavy atom. The monoisotopic (exact) mass is 546 g/mol. The Morgan fingerprint density at radius 3 is 2.36 bits per heavy atom. The van der Waals surface area contributed by atoms with Gasteiger partial charge < -0.3 is 10.1 Å². The zero-order valence-electron chi connectivity index (χ0n) is 19.4. The van der Waals surface area contributed by atoms with Crippen molar-refractivity contribution >= 4 is 50.8 Å². The second kappa shape index (κ2) is 12.1. The molecule has 0 heterocycles. The van der Waals surface area contributed by atoms with Gasteiger partial charge in [-0.25, -0.2) is 13.2 Å². The fourth-order valence-electron chi connectivity index (χ4n) is 3.33. The molecule has 0 aliphatic carbocycles. The minimum atomic E-state index is -4.11. The van der Waals surface area contributed by atoms with Crippen LogP contribution in [0.3, 0.4) is 0 Å². The smallest absolute Gasteiger partial charge is 0.340 e. The van der Waals surface area contributed by atoms with E-state index >= 15 is 0 Å². The van der Waals surface area contributed by atoms with Crippen LogP contribution in [0.15, 0.2) is 90.3 Å². The number of rotatable bonds is 10. The topological polar surface area (TPSA) is 92.8 Å². The Labute approximate surface area is 220 Å². The molecule has 0 bridgehead atoms. The van der Waals surface area contributed by atoms with E-state index < -0.39 is 28.5 Å². The molecule has 0 aliphatic rings. The van der Waals surface area contributed by atoms with Gasteiger partial charge in [-0.2, -0.15) is 0 Å². The summed E-state index contributed by atoms with van der Waals surface area (Å²) in [6.07, 6.45) is 1.44. The maximum absolute atomic E-state index is 13.4. The van der Waals surface area contributed by atoms with Crippen molar-refractivity contribution in [2.24, 2.45) is 0 Å². The molecule has 0 aromatic heterocycles. The molecule has 0 aliphatic heterocycles. The van der Waals surface area contributed by atoms with Gasteiger partial charge in [0.25, 0.3) is 15.9 Å². The maximum atomic E-state index is 13.4. The molecule has 0 radical (unpaired) electrons. The predicted molar refractivity (Wildman–Crippen MR) is 141 cm³/mol.